The van der Waals surface area contributed by atoms with Gasteiger partial charge in [0.2, 0.25) is 0 Å². The monoisotopic (exact) mass is 284 g/mol. The number of carbonyl (C=O) groups excluding carboxylic acids is 2. The van der Waals surface area contributed by atoms with E-state index < -0.39 is 0 Å². The highest BCUT2D eigenvalue weighted by atomic mass is 16.2. The number of benzene rings is 1. The largest absolute Gasteiger partial charge is 0.348 e. The van der Waals surface area contributed by atoms with E-state index in [0.717, 1.165) is 17.7 Å². The number of carbonyl (C=O) groups is 2. The van der Waals surface area contributed by atoms with Gasteiger partial charge in [0, 0.05) is 12.6 Å². The maximum absolute atomic E-state index is 12.3. The first-order chi connectivity index (χ1) is 10.0. The lowest BCUT2D eigenvalue weighted by Crippen LogP contribution is -2.14. The molecular weight excluding hydrogens is 264 g/mol. The molecule has 0 aliphatic rings. The van der Waals surface area contributed by atoms with E-state index >= 15 is 0 Å². The lowest BCUT2D eigenvalue weighted by Gasteiger charge is -2.15. The molecule has 110 valence electrons. The van der Waals surface area contributed by atoms with E-state index in [9.17, 15) is 9.59 Å². The summed E-state index contributed by atoms with van der Waals surface area (Å²) in [5.74, 6) is 0.0465. The number of hydrogen-bond acceptors (Lipinski definition) is 2. The fourth-order valence-corrected chi connectivity index (χ4v) is 2.18. The first-order valence-electron chi connectivity index (χ1n) is 7.13. The van der Waals surface area contributed by atoms with Crippen molar-refractivity contribution in [1.29, 1.82) is 0 Å². The van der Waals surface area contributed by atoms with Crippen molar-refractivity contribution in [3.05, 3.63) is 53.3 Å². The number of rotatable bonds is 5. The van der Waals surface area contributed by atoms with E-state index in [0.29, 0.717) is 17.3 Å². The second kappa shape index (κ2) is 6.39. The van der Waals surface area contributed by atoms with Crippen LogP contribution < -0.4 is 5.32 Å². The van der Waals surface area contributed by atoms with Crippen LogP contribution in [0.2, 0.25) is 0 Å². The highest BCUT2D eigenvalue weighted by Crippen LogP contribution is 2.26. The molecule has 21 heavy (non-hydrogen) atoms. The van der Waals surface area contributed by atoms with Gasteiger partial charge in [-0.2, -0.15) is 0 Å². The molecule has 0 spiro atoms. The van der Waals surface area contributed by atoms with Crippen LogP contribution in [0.15, 0.2) is 36.4 Å². The first-order valence-corrected chi connectivity index (χ1v) is 7.13. The van der Waals surface area contributed by atoms with Gasteiger partial charge in [-0.1, -0.05) is 32.0 Å². The van der Waals surface area contributed by atoms with Gasteiger partial charge in [0.1, 0.15) is 5.69 Å². The van der Waals surface area contributed by atoms with E-state index in [4.69, 9.17) is 0 Å². The quantitative estimate of drug-likeness (QED) is 0.816. The summed E-state index contributed by atoms with van der Waals surface area (Å²) in [7, 11) is 0. The Morgan fingerprint density at radius 3 is 2.43 bits per heavy atom. The number of aromatic nitrogens is 1. The number of para-hydroxylation sites is 1. The molecule has 4 nitrogen and oxygen atoms in total. The van der Waals surface area contributed by atoms with Crippen molar-refractivity contribution in [2.75, 3.05) is 5.32 Å². The molecule has 1 heterocycles. The minimum absolute atomic E-state index is 0.0888. The van der Waals surface area contributed by atoms with Crippen LogP contribution in [0.4, 0.5) is 5.69 Å². The maximum Gasteiger partial charge on any atom is 0.272 e. The predicted octanol–water partition coefficient (Wildman–Crippen LogP) is 3.98. The highest BCUT2D eigenvalue weighted by molar-refractivity contribution is 6.04. The molecule has 0 bridgehead atoms. The summed E-state index contributed by atoms with van der Waals surface area (Å²) in [5.41, 5.74) is 2.76. The van der Waals surface area contributed by atoms with Crippen molar-refractivity contribution in [3.8, 4) is 0 Å². The number of anilines is 1. The first kappa shape index (κ1) is 15.0. The average molecular weight is 284 g/mol. The molecule has 0 fully saturated rings. The van der Waals surface area contributed by atoms with Gasteiger partial charge in [0.05, 0.1) is 5.69 Å². The number of amides is 1. The Balaban J connectivity index is 2.21. The summed E-state index contributed by atoms with van der Waals surface area (Å²) in [4.78, 5) is 26.4. The number of ketones is 1. The van der Waals surface area contributed by atoms with Crippen molar-refractivity contribution in [3.63, 3.8) is 0 Å². The summed E-state index contributed by atoms with van der Waals surface area (Å²) in [6.45, 7) is 5.71. The number of aromatic amines is 1. The molecule has 2 N–H and O–H groups in total. The molecule has 1 unspecified atom stereocenters. The van der Waals surface area contributed by atoms with Gasteiger partial charge in [-0.3, -0.25) is 9.59 Å². The Labute approximate surface area is 124 Å². The Hall–Kier alpha value is -2.36. The van der Waals surface area contributed by atoms with Gasteiger partial charge in [-0.15, -0.1) is 0 Å². The second-order valence-electron chi connectivity index (χ2n) is 5.19. The number of H-pyrrole nitrogens is 1. The van der Waals surface area contributed by atoms with Crippen molar-refractivity contribution in [1.82, 2.24) is 4.98 Å². The molecule has 0 aliphatic carbocycles. The van der Waals surface area contributed by atoms with E-state index in [1.165, 1.54) is 6.92 Å². The standard InChI is InChI=1S/C17H20N2O2/c1-4-11(2)13-7-5-6-8-15(13)19-17(21)16-10-9-14(18-16)12(3)20/h5-11,18H,4H2,1-3H3,(H,19,21). The molecule has 4 heteroatoms. The number of Topliss-reactive ketones (excluding diaryl/α,β-unsaturated/α-hetero) is 1. The molecule has 2 aromatic rings. The van der Waals surface area contributed by atoms with Gasteiger partial charge in [0.15, 0.2) is 5.78 Å². The van der Waals surface area contributed by atoms with E-state index in [-0.39, 0.29) is 11.7 Å². The maximum atomic E-state index is 12.3. The molecular formula is C17H20N2O2. The van der Waals surface area contributed by atoms with E-state index in [1.54, 1.807) is 12.1 Å². The topological polar surface area (TPSA) is 62.0 Å². The summed E-state index contributed by atoms with van der Waals surface area (Å²) in [5, 5.41) is 2.91. The van der Waals surface area contributed by atoms with E-state index in [2.05, 4.69) is 24.1 Å². The van der Waals surface area contributed by atoms with Gasteiger partial charge in [0.25, 0.3) is 5.91 Å². The third-order valence-electron chi connectivity index (χ3n) is 3.66. The normalized spacial score (nSPS) is 12.0. The summed E-state index contributed by atoms with van der Waals surface area (Å²) in [6.07, 6.45) is 1.00. The molecule has 0 radical (unpaired) electrons. The number of hydrogen-bond donors (Lipinski definition) is 2. The molecule has 2 rings (SSSR count). The summed E-state index contributed by atoms with van der Waals surface area (Å²) >= 11 is 0. The molecule has 0 saturated carbocycles. The third kappa shape index (κ3) is 3.40. The lowest BCUT2D eigenvalue weighted by atomic mass is 9.97. The third-order valence-corrected chi connectivity index (χ3v) is 3.66. The zero-order valence-electron chi connectivity index (χ0n) is 12.6. The van der Waals surface area contributed by atoms with Gasteiger partial charge < -0.3 is 10.3 Å². The SMILES string of the molecule is CCC(C)c1ccccc1NC(=O)c1ccc(C(C)=O)[nH]1. The highest BCUT2D eigenvalue weighted by Gasteiger charge is 2.14. The molecule has 1 amide bonds. The van der Waals surface area contributed by atoms with Gasteiger partial charge in [-0.25, -0.2) is 0 Å². The van der Waals surface area contributed by atoms with Crippen LogP contribution in [0, 0.1) is 0 Å². The van der Waals surface area contributed by atoms with Crippen molar-refractivity contribution < 1.29 is 9.59 Å². The Kier molecular flexibility index (Phi) is 4.58. The minimum atomic E-state index is -0.238. The fraction of sp³-hybridized carbons (Fsp3) is 0.294. The van der Waals surface area contributed by atoms with Crippen LogP contribution in [0.3, 0.4) is 0 Å². The second-order valence-corrected chi connectivity index (χ2v) is 5.19. The van der Waals surface area contributed by atoms with Gasteiger partial charge >= 0.3 is 0 Å². The van der Waals surface area contributed by atoms with Crippen molar-refractivity contribution >= 4 is 17.4 Å². The molecule has 1 atom stereocenters. The van der Waals surface area contributed by atoms with Crippen molar-refractivity contribution in [2.45, 2.75) is 33.1 Å². The smallest absolute Gasteiger partial charge is 0.272 e. The molecule has 0 saturated heterocycles. The molecule has 1 aromatic heterocycles. The number of nitrogens with one attached hydrogen (secondary N) is 2. The Morgan fingerprint density at radius 2 is 1.81 bits per heavy atom. The van der Waals surface area contributed by atoms with Crippen LogP contribution >= 0.6 is 0 Å². The minimum Gasteiger partial charge on any atom is -0.348 e. The molecule has 0 aliphatic heterocycles. The summed E-state index contributed by atoms with van der Waals surface area (Å²) in [6, 6.07) is 11.0. The van der Waals surface area contributed by atoms with Crippen molar-refractivity contribution in [2.24, 2.45) is 0 Å². The van der Waals surface area contributed by atoms with Crippen LogP contribution in [-0.2, 0) is 0 Å². The Morgan fingerprint density at radius 1 is 1.14 bits per heavy atom. The van der Waals surface area contributed by atoms with Crippen LogP contribution in [0.5, 0.6) is 0 Å². The van der Waals surface area contributed by atoms with Crippen LogP contribution in [-0.4, -0.2) is 16.7 Å². The average Bonchev–Trinajstić information content (AvgIpc) is 2.97. The Bertz CT molecular complexity index is 658. The van der Waals surface area contributed by atoms with Crippen LogP contribution in [0.25, 0.3) is 0 Å². The van der Waals surface area contributed by atoms with Gasteiger partial charge in [-0.05, 0) is 36.1 Å². The lowest BCUT2D eigenvalue weighted by molar-refractivity contribution is 0.101. The van der Waals surface area contributed by atoms with E-state index in [1.807, 2.05) is 24.3 Å². The zero-order chi connectivity index (χ0) is 15.4. The fourth-order valence-electron chi connectivity index (χ4n) is 2.18. The predicted molar refractivity (Wildman–Crippen MR) is 83.9 cm³/mol. The summed E-state index contributed by atoms with van der Waals surface area (Å²) < 4.78 is 0. The zero-order valence-corrected chi connectivity index (χ0v) is 12.6. The molecule has 1 aromatic carbocycles. The van der Waals surface area contributed by atoms with Crippen LogP contribution in [0.1, 0.15) is 59.7 Å².